The molecule has 0 aromatic carbocycles. The highest BCUT2D eigenvalue weighted by Crippen LogP contribution is 2.10. The molecule has 0 saturated carbocycles. The van der Waals surface area contributed by atoms with Crippen molar-refractivity contribution in [2.75, 3.05) is 53.6 Å². The van der Waals surface area contributed by atoms with Crippen LogP contribution in [-0.2, 0) is 9.47 Å². The lowest BCUT2D eigenvalue weighted by molar-refractivity contribution is 0.120. The van der Waals surface area contributed by atoms with Crippen LogP contribution in [0.4, 0.5) is 0 Å². The van der Waals surface area contributed by atoms with Gasteiger partial charge in [0.1, 0.15) is 0 Å². The molecule has 116 valence electrons. The monoisotopic (exact) mass is 274 g/mol. The highest BCUT2D eigenvalue weighted by molar-refractivity contribution is 4.76. The van der Waals surface area contributed by atoms with Crippen molar-refractivity contribution in [2.24, 2.45) is 5.92 Å². The third-order valence-corrected chi connectivity index (χ3v) is 3.69. The van der Waals surface area contributed by atoms with Gasteiger partial charge in [-0.15, -0.1) is 0 Å². The van der Waals surface area contributed by atoms with Crippen LogP contribution in [0.3, 0.4) is 0 Å². The van der Waals surface area contributed by atoms with E-state index in [1.807, 2.05) is 0 Å². The summed E-state index contributed by atoms with van der Waals surface area (Å²) in [4.78, 5) is 2.49. The molecule has 0 heterocycles. The lowest BCUT2D eigenvalue weighted by Gasteiger charge is -2.31. The molecule has 1 N–H and O–H groups in total. The Morgan fingerprint density at radius 1 is 1.05 bits per heavy atom. The van der Waals surface area contributed by atoms with E-state index in [4.69, 9.17) is 9.47 Å². The van der Waals surface area contributed by atoms with E-state index in [1.54, 1.807) is 14.2 Å². The fourth-order valence-corrected chi connectivity index (χ4v) is 2.22. The zero-order valence-corrected chi connectivity index (χ0v) is 13.6. The molecular weight excluding hydrogens is 240 g/mol. The van der Waals surface area contributed by atoms with Crippen molar-refractivity contribution in [1.82, 2.24) is 10.2 Å². The molecule has 0 fully saturated rings. The summed E-state index contributed by atoms with van der Waals surface area (Å²) in [5, 5.41) is 3.62. The molecule has 4 heteroatoms. The molecule has 0 saturated heterocycles. The summed E-state index contributed by atoms with van der Waals surface area (Å²) in [6, 6.07) is 0.564. The molecule has 0 aliphatic rings. The van der Waals surface area contributed by atoms with Crippen LogP contribution in [0.1, 0.15) is 33.6 Å². The van der Waals surface area contributed by atoms with Gasteiger partial charge in [-0.2, -0.15) is 0 Å². The highest BCUT2D eigenvalue weighted by atomic mass is 16.5. The Hall–Kier alpha value is -0.160. The van der Waals surface area contributed by atoms with Gasteiger partial charge in [0.15, 0.2) is 0 Å². The molecule has 0 amide bonds. The van der Waals surface area contributed by atoms with E-state index in [9.17, 15) is 0 Å². The summed E-state index contributed by atoms with van der Waals surface area (Å²) in [5.74, 6) is 0.701. The van der Waals surface area contributed by atoms with Crippen molar-refractivity contribution in [1.29, 1.82) is 0 Å². The first-order chi connectivity index (χ1) is 9.19. The normalized spacial score (nSPS) is 14.8. The number of hydrogen-bond acceptors (Lipinski definition) is 4. The molecule has 0 bridgehead atoms. The maximum atomic E-state index is 5.21. The molecule has 0 radical (unpaired) electrons. The van der Waals surface area contributed by atoms with Gasteiger partial charge in [-0.3, -0.25) is 4.90 Å². The summed E-state index contributed by atoms with van der Waals surface area (Å²) >= 11 is 0. The molecule has 19 heavy (non-hydrogen) atoms. The van der Waals surface area contributed by atoms with Crippen LogP contribution in [-0.4, -0.2) is 64.6 Å². The maximum Gasteiger partial charge on any atom is 0.0589 e. The predicted molar refractivity (Wildman–Crippen MR) is 81.7 cm³/mol. The Kier molecular flexibility index (Phi) is 12.7. The van der Waals surface area contributed by atoms with Gasteiger partial charge in [-0.25, -0.2) is 0 Å². The summed E-state index contributed by atoms with van der Waals surface area (Å²) in [5.41, 5.74) is 0. The molecular formula is C15H34N2O2. The lowest BCUT2D eigenvalue weighted by Crippen LogP contribution is -2.46. The highest BCUT2D eigenvalue weighted by Gasteiger charge is 2.18. The van der Waals surface area contributed by atoms with Gasteiger partial charge < -0.3 is 14.8 Å². The molecule has 2 unspecified atom stereocenters. The SMILES string of the molecule is CCNC(CN(CCCOC)CCOC)C(C)CC. The number of nitrogens with one attached hydrogen (secondary N) is 1. The number of ether oxygens (including phenoxy) is 2. The van der Waals surface area contributed by atoms with Crippen LogP contribution in [0, 0.1) is 5.92 Å². The first-order valence-corrected chi connectivity index (χ1v) is 7.63. The first-order valence-electron chi connectivity index (χ1n) is 7.63. The van der Waals surface area contributed by atoms with Gasteiger partial charge in [0.2, 0.25) is 0 Å². The Bertz CT molecular complexity index is 191. The van der Waals surface area contributed by atoms with E-state index in [0.717, 1.165) is 45.8 Å². The van der Waals surface area contributed by atoms with Crippen molar-refractivity contribution >= 4 is 0 Å². The molecule has 2 atom stereocenters. The minimum atomic E-state index is 0.564. The van der Waals surface area contributed by atoms with Gasteiger partial charge in [0.05, 0.1) is 6.61 Å². The molecule has 0 aromatic rings. The average Bonchev–Trinajstić information content (AvgIpc) is 2.43. The van der Waals surface area contributed by atoms with Crippen molar-refractivity contribution in [3.63, 3.8) is 0 Å². The maximum absolute atomic E-state index is 5.21. The van der Waals surface area contributed by atoms with Gasteiger partial charge in [0, 0.05) is 46.5 Å². The summed E-state index contributed by atoms with van der Waals surface area (Å²) in [6.45, 7) is 12.6. The lowest BCUT2D eigenvalue weighted by atomic mass is 9.98. The number of methoxy groups -OCH3 is 2. The second-order valence-corrected chi connectivity index (χ2v) is 5.19. The molecule has 0 aliphatic heterocycles. The van der Waals surface area contributed by atoms with Gasteiger partial charge in [0.25, 0.3) is 0 Å². The molecule has 0 aliphatic carbocycles. The minimum Gasteiger partial charge on any atom is -0.385 e. The van der Waals surface area contributed by atoms with Crippen molar-refractivity contribution in [3.8, 4) is 0 Å². The number of likely N-dealkylation sites (N-methyl/N-ethyl adjacent to an activating group) is 1. The smallest absolute Gasteiger partial charge is 0.0589 e. The fourth-order valence-electron chi connectivity index (χ4n) is 2.22. The van der Waals surface area contributed by atoms with E-state index in [1.165, 1.54) is 6.42 Å². The topological polar surface area (TPSA) is 33.7 Å². The van der Waals surface area contributed by atoms with E-state index in [0.29, 0.717) is 12.0 Å². The van der Waals surface area contributed by atoms with Gasteiger partial charge >= 0.3 is 0 Å². The Morgan fingerprint density at radius 2 is 1.74 bits per heavy atom. The summed E-state index contributed by atoms with van der Waals surface area (Å²) in [7, 11) is 3.53. The Balaban J connectivity index is 4.28. The quantitative estimate of drug-likeness (QED) is 0.521. The molecule has 0 rings (SSSR count). The van der Waals surface area contributed by atoms with Crippen LogP contribution in [0.25, 0.3) is 0 Å². The predicted octanol–water partition coefficient (Wildman–Crippen LogP) is 2.00. The largest absolute Gasteiger partial charge is 0.385 e. The first kappa shape index (κ1) is 18.8. The number of nitrogens with zero attached hydrogens (tertiary/aromatic N) is 1. The summed E-state index contributed by atoms with van der Waals surface area (Å²) in [6.07, 6.45) is 2.30. The van der Waals surface area contributed by atoms with Crippen LogP contribution < -0.4 is 5.32 Å². The summed E-state index contributed by atoms with van der Waals surface area (Å²) < 4.78 is 10.4. The second-order valence-electron chi connectivity index (χ2n) is 5.19. The van der Waals surface area contributed by atoms with Crippen molar-refractivity contribution in [2.45, 2.75) is 39.7 Å². The van der Waals surface area contributed by atoms with Crippen LogP contribution in [0.5, 0.6) is 0 Å². The van der Waals surface area contributed by atoms with E-state index in [-0.39, 0.29) is 0 Å². The van der Waals surface area contributed by atoms with E-state index >= 15 is 0 Å². The molecule has 0 aromatic heterocycles. The zero-order chi connectivity index (χ0) is 14.5. The van der Waals surface area contributed by atoms with Crippen LogP contribution >= 0.6 is 0 Å². The third-order valence-electron chi connectivity index (χ3n) is 3.69. The molecule has 0 spiro atoms. The standard InChI is InChI=1S/C15H34N2O2/c1-6-14(3)15(16-7-2)13-17(10-12-19-5)9-8-11-18-4/h14-16H,6-13H2,1-5H3. The Morgan fingerprint density at radius 3 is 2.26 bits per heavy atom. The molecule has 4 nitrogen and oxygen atoms in total. The minimum absolute atomic E-state index is 0.564. The van der Waals surface area contributed by atoms with Gasteiger partial charge in [-0.1, -0.05) is 27.2 Å². The number of hydrogen-bond donors (Lipinski definition) is 1. The Labute approximate surface area is 119 Å². The van der Waals surface area contributed by atoms with Crippen molar-refractivity contribution in [3.05, 3.63) is 0 Å². The van der Waals surface area contributed by atoms with Gasteiger partial charge in [-0.05, 0) is 18.9 Å². The van der Waals surface area contributed by atoms with Crippen molar-refractivity contribution < 1.29 is 9.47 Å². The zero-order valence-electron chi connectivity index (χ0n) is 13.6. The van der Waals surface area contributed by atoms with E-state index < -0.39 is 0 Å². The number of rotatable bonds is 13. The fraction of sp³-hybridized carbons (Fsp3) is 1.00. The average molecular weight is 274 g/mol. The van der Waals surface area contributed by atoms with Crippen LogP contribution in [0.15, 0.2) is 0 Å². The second kappa shape index (κ2) is 12.9. The third kappa shape index (κ3) is 9.38. The van der Waals surface area contributed by atoms with E-state index in [2.05, 4.69) is 31.0 Å². The van der Waals surface area contributed by atoms with Crippen LogP contribution in [0.2, 0.25) is 0 Å².